The van der Waals surface area contributed by atoms with Crippen LogP contribution in [0.4, 0.5) is 0 Å². The topological polar surface area (TPSA) is 258 Å². The summed E-state index contributed by atoms with van der Waals surface area (Å²) in [5, 5.41) is 46.2. The predicted octanol–water partition coefficient (Wildman–Crippen LogP) is -4.20. The average Bonchev–Trinajstić information content (AvgIpc) is 2.59. The Morgan fingerprint density at radius 3 is 1.93 bits per heavy atom. The lowest BCUT2D eigenvalue weighted by atomic mass is 10.1. The van der Waals surface area contributed by atoms with E-state index in [-0.39, 0.29) is 6.29 Å². The number of hydrogen-bond acceptors (Lipinski definition) is 12. The minimum absolute atomic E-state index is 0.238. The van der Waals surface area contributed by atoms with Gasteiger partial charge in [-0.15, -0.1) is 0 Å². The second-order valence-electron chi connectivity index (χ2n) is 4.95. The molecule has 0 aromatic rings. The number of phosphoric acid groups is 2. The highest BCUT2D eigenvalue weighted by atomic mass is 31.2. The molecule has 0 aromatic carbocycles. The van der Waals surface area contributed by atoms with Gasteiger partial charge in [0, 0.05) is 0 Å². The highest BCUT2D eigenvalue weighted by molar-refractivity contribution is 7.47. The SMILES string of the molecule is O=C[C@H](OP(=O)(O)OC[C@@H](O)[C@H](O)C(=O)CO)[C@H](O)[C@H](O)COP(=O)(O)O. The van der Waals surface area contributed by atoms with Gasteiger partial charge in [0.15, 0.2) is 18.2 Å². The number of aldehydes is 1. The maximum absolute atomic E-state index is 11.7. The summed E-state index contributed by atoms with van der Waals surface area (Å²) >= 11 is 0. The Balaban J connectivity index is 4.77. The van der Waals surface area contributed by atoms with E-state index in [1.807, 2.05) is 0 Å². The average molecular weight is 442 g/mol. The van der Waals surface area contributed by atoms with E-state index in [9.17, 15) is 44.0 Å². The molecule has 8 N–H and O–H groups in total. The van der Waals surface area contributed by atoms with Crippen molar-refractivity contribution in [1.82, 2.24) is 0 Å². The second kappa shape index (κ2) is 11.4. The molecule has 0 amide bonds. The van der Waals surface area contributed by atoms with Gasteiger partial charge in [0.2, 0.25) is 0 Å². The first-order chi connectivity index (χ1) is 12.2. The molecule has 0 rings (SSSR count). The van der Waals surface area contributed by atoms with Crippen LogP contribution in [0, 0.1) is 0 Å². The van der Waals surface area contributed by atoms with Crippen molar-refractivity contribution in [3.8, 4) is 0 Å². The van der Waals surface area contributed by atoms with E-state index >= 15 is 0 Å². The van der Waals surface area contributed by atoms with Crippen LogP contribution in [-0.4, -0.2) is 103 Å². The Morgan fingerprint density at radius 1 is 0.963 bits per heavy atom. The summed E-state index contributed by atoms with van der Waals surface area (Å²) in [7, 11) is -10.2. The van der Waals surface area contributed by atoms with Gasteiger partial charge in [-0.3, -0.25) is 18.4 Å². The lowest BCUT2D eigenvalue weighted by Gasteiger charge is -2.25. The summed E-state index contributed by atoms with van der Waals surface area (Å²) < 4.78 is 34.5. The summed E-state index contributed by atoms with van der Waals surface area (Å²) in [5.41, 5.74) is 0. The monoisotopic (exact) mass is 442 g/mol. The molecule has 0 saturated heterocycles. The number of ketones is 1. The van der Waals surface area contributed by atoms with Crippen LogP contribution in [0.5, 0.6) is 0 Å². The number of Topliss-reactive ketones (excluding diaryl/α,β-unsaturated/α-hetero) is 1. The molecule has 0 aliphatic carbocycles. The van der Waals surface area contributed by atoms with Gasteiger partial charge < -0.3 is 45.0 Å². The Hall–Kier alpha value is -0.640. The minimum atomic E-state index is -5.18. The number of carbonyl (C=O) groups excluding carboxylic acids is 2. The van der Waals surface area contributed by atoms with E-state index in [0.717, 1.165) is 0 Å². The molecule has 0 saturated carbocycles. The molecule has 0 spiro atoms. The summed E-state index contributed by atoms with van der Waals surface area (Å²) in [6, 6.07) is 0. The van der Waals surface area contributed by atoms with E-state index in [1.54, 1.807) is 0 Å². The summed E-state index contributed by atoms with van der Waals surface area (Å²) in [4.78, 5) is 48.1. The lowest BCUT2D eigenvalue weighted by molar-refractivity contribution is -0.137. The number of carbonyl (C=O) groups is 2. The summed E-state index contributed by atoms with van der Waals surface area (Å²) in [6.45, 7) is -3.45. The molecular formula is C10H20O15P2. The molecule has 27 heavy (non-hydrogen) atoms. The van der Waals surface area contributed by atoms with Gasteiger partial charge in [0.05, 0.1) is 13.2 Å². The molecule has 0 aromatic heterocycles. The number of phosphoric ester groups is 2. The van der Waals surface area contributed by atoms with Crippen molar-refractivity contribution in [2.45, 2.75) is 30.5 Å². The van der Waals surface area contributed by atoms with Crippen molar-refractivity contribution in [3.63, 3.8) is 0 Å². The van der Waals surface area contributed by atoms with Crippen LogP contribution in [0.3, 0.4) is 0 Å². The van der Waals surface area contributed by atoms with Crippen LogP contribution in [0.1, 0.15) is 0 Å². The normalized spacial score (nSPS) is 20.1. The van der Waals surface area contributed by atoms with E-state index in [4.69, 9.17) is 14.9 Å². The number of rotatable bonds is 14. The van der Waals surface area contributed by atoms with Gasteiger partial charge >= 0.3 is 15.6 Å². The third-order valence-electron chi connectivity index (χ3n) is 2.79. The van der Waals surface area contributed by atoms with E-state index in [1.165, 1.54) is 0 Å². The zero-order valence-corrected chi connectivity index (χ0v) is 15.2. The number of aliphatic hydroxyl groups is 5. The fourth-order valence-electron chi connectivity index (χ4n) is 1.41. The zero-order chi connectivity index (χ0) is 21.4. The van der Waals surface area contributed by atoms with Crippen molar-refractivity contribution < 1.29 is 72.5 Å². The summed E-state index contributed by atoms with van der Waals surface area (Å²) in [5.74, 6) is -1.21. The molecule has 160 valence electrons. The first kappa shape index (κ1) is 26.4. The van der Waals surface area contributed by atoms with Crippen molar-refractivity contribution in [2.75, 3.05) is 19.8 Å². The predicted molar refractivity (Wildman–Crippen MR) is 80.8 cm³/mol. The van der Waals surface area contributed by atoms with Crippen LogP contribution in [0.25, 0.3) is 0 Å². The van der Waals surface area contributed by atoms with Gasteiger partial charge in [0.1, 0.15) is 31.0 Å². The van der Waals surface area contributed by atoms with Crippen LogP contribution in [0.15, 0.2) is 0 Å². The maximum atomic E-state index is 11.7. The maximum Gasteiger partial charge on any atom is 0.473 e. The van der Waals surface area contributed by atoms with Crippen LogP contribution in [-0.2, 0) is 32.3 Å². The smallest absolute Gasteiger partial charge is 0.388 e. The van der Waals surface area contributed by atoms with Crippen LogP contribution in [0.2, 0.25) is 0 Å². The first-order valence-corrected chi connectivity index (χ1v) is 9.93. The lowest BCUT2D eigenvalue weighted by Crippen LogP contribution is -2.42. The van der Waals surface area contributed by atoms with E-state index < -0.39 is 71.8 Å². The number of hydrogen-bond donors (Lipinski definition) is 8. The Labute approximate surface area is 151 Å². The van der Waals surface area contributed by atoms with Crippen LogP contribution >= 0.6 is 15.6 Å². The molecule has 0 aliphatic rings. The Morgan fingerprint density at radius 2 is 1.48 bits per heavy atom. The molecular weight excluding hydrogens is 422 g/mol. The fourth-order valence-corrected chi connectivity index (χ4v) is 2.64. The van der Waals surface area contributed by atoms with Crippen molar-refractivity contribution in [3.05, 3.63) is 0 Å². The molecule has 17 heteroatoms. The first-order valence-electron chi connectivity index (χ1n) is 6.91. The standard InChI is InChI=1S/C10H20O15P2/c11-1-5(13)9(16)6(14)4-24-27(21,22)25-8(2-12)10(17)7(15)3-23-26(18,19)20/h2,6-11,14-17H,1,3-4H2,(H,21,22)(H2,18,19,20)/t6-,7-,8+,9-,10-/m1/s1. The molecule has 15 nitrogen and oxygen atoms in total. The van der Waals surface area contributed by atoms with Gasteiger partial charge in [0.25, 0.3) is 0 Å². The van der Waals surface area contributed by atoms with E-state index in [0.29, 0.717) is 0 Å². The fraction of sp³-hybridized carbons (Fsp3) is 0.800. The highest BCUT2D eigenvalue weighted by Gasteiger charge is 2.36. The molecule has 0 aliphatic heterocycles. The Bertz CT molecular complexity index is 575. The second-order valence-corrected chi connectivity index (χ2v) is 7.60. The van der Waals surface area contributed by atoms with Crippen molar-refractivity contribution in [1.29, 1.82) is 0 Å². The van der Waals surface area contributed by atoms with Gasteiger partial charge in [-0.05, 0) is 0 Å². The third-order valence-corrected chi connectivity index (χ3v) is 4.26. The summed E-state index contributed by atoms with van der Waals surface area (Å²) in [6.07, 6.45) is -11.0. The molecule has 6 atom stereocenters. The van der Waals surface area contributed by atoms with E-state index in [2.05, 4.69) is 13.6 Å². The number of aliphatic hydroxyl groups excluding tert-OH is 5. The quantitative estimate of drug-likeness (QED) is 0.0937. The molecule has 1 unspecified atom stereocenters. The van der Waals surface area contributed by atoms with Gasteiger partial charge in [-0.2, -0.15) is 0 Å². The highest BCUT2D eigenvalue weighted by Crippen LogP contribution is 2.45. The molecule has 0 radical (unpaired) electrons. The van der Waals surface area contributed by atoms with Gasteiger partial charge in [-0.1, -0.05) is 0 Å². The van der Waals surface area contributed by atoms with Crippen molar-refractivity contribution >= 4 is 27.7 Å². The van der Waals surface area contributed by atoms with Crippen LogP contribution < -0.4 is 0 Å². The zero-order valence-electron chi connectivity index (χ0n) is 13.4. The molecule has 0 heterocycles. The molecule has 0 fully saturated rings. The largest absolute Gasteiger partial charge is 0.473 e. The Kier molecular flexibility index (Phi) is 11.1. The van der Waals surface area contributed by atoms with Gasteiger partial charge in [-0.25, -0.2) is 9.13 Å². The minimum Gasteiger partial charge on any atom is -0.388 e. The van der Waals surface area contributed by atoms with Crippen molar-refractivity contribution in [2.24, 2.45) is 0 Å². The third kappa shape index (κ3) is 10.5. The molecule has 0 bridgehead atoms.